The summed E-state index contributed by atoms with van der Waals surface area (Å²) < 4.78 is 6.03. The quantitative estimate of drug-likeness (QED) is 0.232. The Balaban J connectivity index is 1.28. The van der Waals surface area contributed by atoms with Gasteiger partial charge in [0.05, 0.1) is 12.1 Å². The van der Waals surface area contributed by atoms with E-state index < -0.39 is 18.1 Å². The van der Waals surface area contributed by atoms with Crippen LogP contribution in [0.5, 0.6) is 5.75 Å². The van der Waals surface area contributed by atoms with E-state index in [9.17, 15) is 14.4 Å². The molecule has 8 nitrogen and oxygen atoms in total. The molecule has 0 unspecified atom stereocenters. The Morgan fingerprint density at radius 2 is 1.64 bits per heavy atom. The predicted octanol–water partition coefficient (Wildman–Crippen LogP) is 5.38. The van der Waals surface area contributed by atoms with Crippen molar-refractivity contribution >= 4 is 17.7 Å². The predicted molar refractivity (Wildman–Crippen MR) is 185 cm³/mol. The van der Waals surface area contributed by atoms with Gasteiger partial charge in [0, 0.05) is 13.0 Å². The van der Waals surface area contributed by atoms with Crippen LogP contribution in [0.3, 0.4) is 0 Å². The summed E-state index contributed by atoms with van der Waals surface area (Å²) in [6, 6.07) is 22.2. The van der Waals surface area contributed by atoms with Crippen LogP contribution in [0.1, 0.15) is 79.8 Å². The molecule has 1 heterocycles. The largest absolute Gasteiger partial charge is 0.489 e. The van der Waals surface area contributed by atoms with Crippen molar-refractivity contribution in [2.45, 2.75) is 89.6 Å². The fourth-order valence-corrected chi connectivity index (χ4v) is 6.28. The third-order valence-electron chi connectivity index (χ3n) is 9.33. The maximum Gasteiger partial charge on any atom is 0.246 e. The Kier molecular flexibility index (Phi) is 11.5. The van der Waals surface area contributed by atoms with Gasteiger partial charge in [-0.05, 0) is 85.5 Å². The molecule has 0 bridgehead atoms. The van der Waals surface area contributed by atoms with Crippen LogP contribution in [0, 0.1) is 0 Å². The van der Waals surface area contributed by atoms with E-state index in [4.69, 9.17) is 4.74 Å². The van der Waals surface area contributed by atoms with Gasteiger partial charge in [0.15, 0.2) is 0 Å². The average molecular weight is 637 g/mol. The molecule has 0 spiro atoms. The number of hydrogen-bond acceptors (Lipinski definition) is 5. The molecule has 1 aliphatic heterocycles. The van der Waals surface area contributed by atoms with E-state index >= 15 is 0 Å². The Morgan fingerprint density at radius 1 is 0.915 bits per heavy atom. The molecule has 3 aromatic rings. The first-order valence-electron chi connectivity index (χ1n) is 16.8. The molecular formula is C39H48N4O4. The molecule has 0 saturated carbocycles. The van der Waals surface area contributed by atoms with Gasteiger partial charge in [-0.2, -0.15) is 0 Å². The first-order valence-corrected chi connectivity index (χ1v) is 16.8. The molecule has 3 amide bonds. The van der Waals surface area contributed by atoms with Crippen LogP contribution in [0.15, 0.2) is 84.9 Å². The molecule has 8 heteroatoms. The third-order valence-corrected chi connectivity index (χ3v) is 9.33. The molecule has 4 atom stereocenters. The number of hydrogen-bond donors (Lipinski definition) is 3. The van der Waals surface area contributed by atoms with Crippen LogP contribution >= 0.6 is 0 Å². The summed E-state index contributed by atoms with van der Waals surface area (Å²) in [4.78, 5) is 42.6. The Morgan fingerprint density at radius 3 is 2.36 bits per heavy atom. The number of nitrogens with zero attached hydrogens (tertiary/aromatic N) is 1. The molecule has 0 saturated heterocycles. The Labute approximate surface area is 279 Å². The second-order valence-corrected chi connectivity index (χ2v) is 13.0. The lowest BCUT2D eigenvalue weighted by Gasteiger charge is -2.36. The molecule has 3 aromatic carbocycles. The fraction of sp³-hybridized carbons (Fsp3) is 0.410. The lowest BCUT2D eigenvalue weighted by molar-refractivity contribution is -0.143. The van der Waals surface area contributed by atoms with Crippen LogP contribution in [0.25, 0.3) is 0 Å². The maximum absolute atomic E-state index is 14.2. The fourth-order valence-electron chi connectivity index (χ4n) is 6.28. The smallest absolute Gasteiger partial charge is 0.246 e. The number of amides is 3. The monoisotopic (exact) mass is 636 g/mol. The summed E-state index contributed by atoms with van der Waals surface area (Å²) in [6.45, 7) is 6.86. The topological polar surface area (TPSA) is 99.8 Å². The summed E-state index contributed by atoms with van der Waals surface area (Å²) in [5.74, 6) is 0.480. The molecule has 248 valence electrons. The Bertz CT molecular complexity index is 1550. The zero-order valence-corrected chi connectivity index (χ0v) is 28.0. The van der Waals surface area contributed by atoms with Gasteiger partial charge in [-0.25, -0.2) is 0 Å². The number of likely N-dealkylation sites (N-methyl/N-ethyl adjacent to an activating group) is 1. The van der Waals surface area contributed by atoms with Gasteiger partial charge in [0.25, 0.3) is 0 Å². The number of aryl methyl sites for hydroxylation is 1. The third kappa shape index (κ3) is 8.69. The minimum atomic E-state index is -0.846. The van der Waals surface area contributed by atoms with Crippen molar-refractivity contribution in [3.05, 3.63) is 113 Å². The lowest BCUT2D eigenvalue weighted by atomic mass is 9.87. The highest BCUT2D eigenvalue weighted by Gasteiger charge is 2.36. The van der Waals surface area contributed by atoms with Gasteiger partial charge >= 0.3 is 0 Å². The van der Waals surface area contributed by atoms with Crippen molar-refractivity contribution in [2.75, 3.05) is 13.6 Å². The number of ether oxygens (including phenoxy) is 1. The maximum atomic E-state index is 14.2. The first kappa shape index (κ1) is 33.9. The molecule has 2 aliphatic rings. The molecule has 1 aliphatic carbocycles. The van der Waals surface area contributed by atoms with E-state index in [1.165, 1.54) is 11.1 Å². The van der Waals surface area contributed by atoms with E-state index in [-0.39, 0.29) is 30.2 Å². The summed E-state index contributed by atoms with van der Waals surface area (Å²) in [5.41, 5.74) is 5.67. The normalized spacial score (nSPS) is 18.6. The van der Waals surface area contributed by atoms with Gasteiger partial charge in [0.1, 0.15) is 24.4 Å². The summed E-state index contributed by atoms with van der Waals surface area (Å²) in [6.07, 6.45) is 7.44. The zero-order valence-electron chi connectivity index (χ0n) is 28.0. The van der Waals surface area contributed by atoms with Gasteiger partial charge in [-0.15, -0.1) is 0 Å². The van der Waals surface area contributed by atoms with E-state index in [0.29, 0.717) is 25.5 Å². The lowest BCUT2D eigenvalue weighted by Crippen LogP contribution is -2.58. The minimum Gasteiger partial charge on any atom is -0.489 e. The highest BCUT2D eigenvalue weighted by molar-refractivity contribution is 5.93. The highest BCUT2D eigenvalue weighted by Crippen LogP contribution is 2.30. The number of rotatable bonds is 12. The minimum absolute atomic E-state index is 0.0811. The summed E-state index contributed by atoms with van der Waals surface area (Å²) >= 11 is 0. The van der Waals surface area contributed by atoms with E-state index in [0.717, 1.165) is 41.7 Å². The molecular weight excluding hydrogens is 588 g/mol. The average Bonchev–Trinajstić information content (AvgIpc) is 3.10. The number of benzene rings is 3. The number of nitrogens with one attached hydrogen (secondary N) is 3. The van der Waals surface area contributed by atoms with E-state index in [1.54, 1.807) is 18.9 Å². The van der Waals surface area contributed by atoms with Crippen molar-refractivity contribution in [2.24, 2.45) is 0 Å². The number of carbonyl (C=O) groups is 3. The van der Waals surface area contributed by atoms with Crippen LogP contribution in [-0.2, 0) is 33.8 Å². The standard InChI is InChI=1S/C39H48N4O4/c1-26(2)30-19-15-29(16-20-30)25-47-32-21-17-28(18-22-32)24-35(42-37(44)27(3)40-4)39(46)43-23-8-7-14-36(43)38(45)41-34-13-9-11-31-10-5-6-12-33(31)34/h5-8,10,12,15-22,26-27,34-36,40H,9,11,13-14,23-25H2,1-4H3,(H,41,45)(H,42,44)/t27-,34+,35-,36-/m0/s1. The second kappa shape index (κ2) is 15.9. The molecule has 0 aromatic heterocycles. The van der Waals surface area contributed by atoms with Crippen molar-refractivity contribution in [3.8, 4) is 5.75 Å². The van der Waals surface area contributed by atoms with Gasteiger partial charge < -0.3 is 25.6 Å². The first-order chi connectivity index (χ1) is 22.7. The van der Waals surface area contributed by atoms with Crippen LogP contribution in [0.4, 0.5) is 0 Å². The molecule has 0 fully saturated rings. The highest BCUT2D eigenvalue weighted by atomic mass is 16.5. The van der Waals surface area contributed by atoms with E-state index in [1.807, 2.05) is 48.6 Å². The molecule has 5 rings (SSSR count). The summed E-state index contributed by atoms with van der Waals surface area (Å²) in [7, 11) is 1.71. The van der Waals surface area contributed by atoms with Crippen molar-refractivity contribution in [1.82, 2.24) is 20.9 Å². The van der Waals surface area contributed by atoms with Crippen molar-refractivity contribution < 1.29 is 19.1 Å². The van der Waals surface area contributed by atoms with Gasteiger partial charge in [-0.1, -0.05) is 86.7 Å². The van der Waals surface area contributed by atoms with Crippen molar-refractivity contribution in [1.29, 1.82) is 0 Å². The molecule has 0 radical (unpaired) electrons. The number of fused-ring (bicyclic) bond motifs is 1. The van der Waals surface area contributed by atoms with E-state index in [2.05, 4.69) is 66.2 Å². The molecule has 47 heavy (non-hydrogen) atoms. The Hall–Kier alpha value is -4.43. The zero-order chi connectivity index (χ0) is 33.3. The second-order valence-electron chi connectivity index (χ2n) is 13.0. The van der Waals surface area contributed by atoms with Crippen LogP contribution < -0.4 is 20.7 Å². The van der Waals surface area contributed by atoms with Crippen LogP contribution in [-0.4, -0.2) is 54.3 Å². The number of carbonyl (C=O) groups excluding carboxylic acids is 3. The van der Waals surface area contributed by atoms with Gasteiger partial charge in [0.2, 0.25) is 17.7 Å². The SMILES string of the molecule is CN[C@@H](C)C(=O)N[C@@H](Cc1ccc(OCc2ccc(C(C)C)cc2)cc1)C(=O)N1CC=CC[C@H]1C(=O)N[C@@H]1CCCc2ccccc21. The van der Waals surface area contributed by atoms with Crippen molar-refractivity contribution in [3.63, 3.8) is 0 Å². The summed E-state index contributed by atoms with van der Waals surface area (Å²) in [5, 5.41) is 9.15. The van der Waals surface area contributed by atoms with Gasteiger partial charge in [-0.3, -0.25) is 14.4 Å². The molecule has 3 N–H and O–H groups in total. The van der Waals surface area contributed by atoms with Crippen LogP contribution in [0.2, 0.25) is 0 Å².